The number of hydrogen-bond donors (Lipinski definition) is 0. The smallest absolute Gasteiger partial charge is 0.295 e. The van der Waals surface area contributed by atoms with E-state index in [0.29, 0.717) is 23.6 Å². The largest absolute Gasteiger partial charge is 0.468 e. The zero-order valence-corrected chi connectivity index (χ0v) is 13.6. The normalized spacial score (nSPS) is 12.8. The molecular weight excluding hydrogens is 308 g/mol. The third kappa shape index (κ3) is 3.48. The van der Waals surface area contributed by atoms with E-state index in [4.69, 9.17) is 14.2 Å². The molecule has 3 rings (SSSR count). The number of benzene rings is 2. The molecule has 2 aromatic carbocycles. The monoisotopic (exact) mass is 326 g/mol. The number of hydrogen-bond acceptors (Lipinski definition) is 4. The minimum atomic E-state index is -0.398. The third-order valence-electron chi connectivity index (χ3n) is 3.59. The number of ether oxygens (including phenoxy) is 3. The van der Waals surface area contributed by atoms with Crippen molar-refractivity contribution in [2.24, 2.45) is 4.99 Å². The van der Waals surface area contributed by atoms with Gasteiger partial charge < -0.3 is 19.1 Å². The second kappa shape index (κ2) is 7.04. The summed E-state index contributed by atoms with van der Waals surface area (Å²) in [5.74, 6) is 0.779. The molecule has 1 aliphatic rings. The molecule has 0 aliphatic carbocycles. The topological polar surface area (TPSA) is 60.4 Å². The first-order valence-electron chi connectivity index (χ1n) is 7.49. The van der Waals surface area contributed by atoms with Crippen LogP contribution in [-0.4, -0.2) is 37.8 Å². The molecule has 0 N–H and O–H groups in total. The summed E-state index contributed by atoms with van der Waals surface area (Å²) in [7, 11) is 3.31. The molecule has 1 heterocycles. The van der Waals surface area contributed by atoms with Gasteiger partial charge in [-0.25, -0.2) is 0 Å². The fourth-order valence-corrected chi connectivity index (χ4v) is 2.39. The van der Waals surface area contributed by atoms with Crippen LogP contribution in [-0.2, 0) is 11.3 Å². The standard InChI is InChI=1S/C18H18N2O4/c1-20(11-13-6-4-3-5-7-13)18(22-2)19-17(21)14-8-9-15-16(10-14)24-12-23-15/h3-10H,11-12H2,1-2H3. The minimum Gasteiger partial charge on any atom is -0.468 e. The van der Waals surface area contributed by atoms with Crippen molar-refractivity contribution in [1.29, 1.82) is 0 Å². The number of carbonyl (C=O) groups is 1. The van der Waals surface area contributed by atoms with Crippen LogP contribution in [0.25, 0.3) is 0 Å². The van der Waals surface area contributed by atoms with Gasteiger partial charge >= 0.3 is 0 Å². The first kappa shape index (κ1) is 15.9. The summed E-state index contributed by atoms with van der Waals surface area (Å²) in [5, 5.41) is 0. The number of fused-ring (bicyclic) bond motifs is 1. The van der Waals surface area contributed by atoms with Crippen LogP contribution in [0.4, 0.5) is 0 Å². The molecule has 0 unspecified atom stereocenters. The highest BCUT2D eigenvalue weighted by Crippen LogP contribution is 2.32. The van der Waals surface area contributed by atoms with Crippen LogP contribution in [0, 0.1) is 0 Å². The van der Waals surface area contributed by atoms with Crippen LogP contribution >= 0.6 is 0 Å². The lowest BCUT2D eigenvalue weighted by molar-refractivity contribution is 0.0995. The molecule has 2 aromatic rings. The molecular formula is C18H18N2O4. The molecule has 0 atom stereocenters. The highest BCUT2D eigenvalue weighted by atomic mass is 16.7. The predicted molar refractivity (Wildman–Crippen MR) is 89.2 cm³/mol. The van der Waals surface area contributed by atoms with E-state index in [1.54, 1.807) is 23.1 Å². The maximum Gasteiger partial charge on any atom is 0.295 e. The van der Waals surface area contributed by atoms with Crippen LogP contribution in [0.2, 0.25) is 0 Å². The minimum absolute atomic E-state index is 0.166. The molecule has 6 heteroatoms. The Morgan fingerprint density at radius 2 is 1.92 bits per heavy atom. The van der Waals surface area contributed by atoms with E-state index < -0.39 is 5.91 Å². The van der Waals surface area contributed by atoms with E-state index in [0.717, 1.165) is 5.56 Å². The number of methoxy groups -OCH3 is 1. The van der Waals surface area contributed by atoms with Gasteiger partial charge in [0.05, 0.1) is 7.11 Å². The van der Waals surface area contributed by atoms with Crippen LogP contribution in [0.3, 0.4) is 0 Å². The second-order valence-corrected chi connectivity index (χ2v) is 5.31. The molecule has 0 saturated carbocycles. The van der Waals surface area contributed by atoms with Gasteiger partial charge in [0, 0.05) is 19.2 Å². The number of aliphatic imine (C=N–C) groups is 1. The van der Waals surface area contributed by atoms with Gasteiger partial charge in [0.15, 0.2) is 11.5 Å². The summed E-state index contributed by atoms with van der Waals surface area (Å²) < 4.78 is 15.8. The molecule has 0 spiro atoms. The number of rotatable bonds is 3. The number of amides is 1. The fourth-order valence-electron chi connectivity index (χ4n) is 2.39. The average molecular weight is 326 g/mol. The maximum atomic E-state index is 12.4. The Morgan fingerprint density at radius 3 is 2.67 bits per heavy atom. The van der Waals surface area contributed by atoms with Gasteiger partial charge in [0.1, 0.15) is 0 Å². The average Bonchev–Trinajstić information content (AvgIpc) is 3.07. The predicted octanol–water partition coefficient (Wildman–Crippen LogP) is 2.69. The first-order chi connectivity index (χ1) is 11.7. The van der Waals surface area contributed by atoms with Gasteiger partial charge in [0.25, 0.3) is 11.9 Å². The van der Waals surface area contributed by atoms with Crippen molar-refractivity contribution >= 4 is 11.9 Å². The van der Waals surface area contributed by atoms with Gasteiger partial charge in [-0.15, -0.1) is 0 Å². The summed E-state index contributed by atoms with van der Waals surface area (Å²) in [6, 6.07) is 15.1. The molecule has 0 bridgehead atoms. The molecule has 1 aliphatic heterocycles. The van der Waals surface area contributed by atoms with Crippen molar-refractivity contribution in [3.05, 3.63) is 59.7 Å². The number of nitrogens with zero attached hydrogens (tertiary/aromatic N) is 2. The lowest BCUT2D eigenvalue weighted by atomic mass is 10.2. The van der Waals surface area contributed by atoms with E-state index in [2.05, 4.69) is 4.99 Å². The van der Waals surface area contributed by atoms with Crippen LogP contribution in [0.15, 0.2) is 53.5 Å². The van der Waals surface area contributed by atoms with Crippen molar-refractivity contribution in [2.75, 3.05) is 21.0 Å². The highest BCUT2D eigenvalue weighted by molar-refractivity contribution is 6.01. The van der Waals surface area contributed by atoms with E-state index in [9.17, 15) is 4.79 Å². The molecule has 0 radical (unpaired) electrons. The van der Waals surface area contributed by atoms with E-state index in [1.807, 2.05) is 37.4 Å². The third-order valence-corrected chi connectivity index (χ3v) is 3.59. The van der Waals surface area contributed by atoms with Crippen LogP contribution in [0.5, 0.6) is 11.5 Å². The van der Waals surface area contributed by atoms with Crippen LogP contribution in [0.1, 0.15) is 15.9 Å². The molecule has 1 amide bonds. The van der Waals surface area contributed by atoms with Crippen molar-refractivity contribution < 1.29 is 19.0 Å². The number of amidine groups is 1. The SMILES string of the molecule is COC(=NC(=O)c1ccc2c(c1)OCO2)N(C)Cc1ccccc1. The Balaban J connectivity index is 1.75. The van der Waals surface area contributed by atoms with Gasteiger partial charge in [-0.1, -0.05) is 30.3 Å². The summed E-state index contributed by atoms with van der Waals surface area (Å²) in [4.78, 5) is 18.2. The summed E-state index contributed by atoms with van der Waals surface area (Å²) >= 11 is 0. The molecule has 6 nitrogen and oxygen atoms in total. The van der Waals surface area contributed by atoms with E-state index >= 15 is 0 Å². The Labute approximate surface area is 140 Å². The van der Waals surface area contributed by atoms with Gasteiger partial charge in [-0.2, -0.15) is 4.99 Å². The number of carbonyl (C=O) groups excluding carboxylic acids is 1. The molecule has 24 heavy (non-hydrogen) atoms. The Kier molecular flexibility index (Phi) is 4.65. The summed E-state index contributed by atoms with van der Waals surface area (Å²) in [5.41, 5.74) is 1.52. The Bertz CT molecular complexity index is 759. The lowest BCUT2D eigenvalue weighted by Crippen LogP contribution is -2.28. The van der Waals surface area contributed by atoms with Gasteiger partial charge in [-0.05, 0) is 23.8 Å². The van der Waals surface area contributed by atoms with Crippen LogP contribution < -0.4 is 9.47 Å². The second-order valence-electron chi connectivity index (χ2n) is 5.31. The van der Waals surface area contributed by atoms with Crippen molar-refractivity contribution in [3.63, 3.8) is 0 Å². The van der Waals surface area contributed by atoms with Crippen molar-refractivity contribution in [1.82, 2.24) is 4.90 Å². The molecule has 124 valence electrons. The molecule has 0 fully saturated rings. The van der Waals surface area contributed by atoms with Gasteiger partial charge in [-0.3, -0.25) is 4.79 Å². The van der Waals surface area contributed by atoms with E-state index in [-0.39, 0.29) is 12.8 Å². The zero-order chi connectivity index (χ0) is 16.9. The Hall–Kier alpha value is -3.02. The highest BCUT2D eigenvalue weighted by Gasteiger charge is 2.17. The Morgan fingerprint density at radius 1 is 1.17 bits per heavy atom. The van der Waals surface area contributed by atoms with E-state index in [1.165, 1.54) is 7.11 Å². The zero-order valence-electron chi connectivity index (χ0n) is 13.6. The van der Waals surface area contributed by atoms with Gasteiger partial charge in [0.2, 0.25) is 6.79 Å². The first-order valence-corrected chi connectivity index (χ1v) is 7.49. The lowest BCUT2D eigenvalue weighted by Gasteiger charge is -2.19. The van der Waals surface area contributed by atoms with Crippen molar-refractivity contribution in [3.8, 4) is 11.5 Å². The maximum absolute atomic E-state index is 12.4. The fraction of sp³-hybridized carbons (Fsp3) is 0.222. The molecule has 0 saturated heterocycles. The molecule has 0 aromatic heterocycles. The quantitative estimate of drug-likeness (QED) is 0.641. The summed E-state index contributed by atoms with van der Waals surface area (Å²) in [6.07, 6.45) is 0. The summed E-state index contributed by atoms with van der Waals surface area (Å²) in [6.45, 7) is 0.751. The van der Waals surface area contributed by atoms with Crippen molar-refractivity contribution in [2.45, 2.75) is 6.54 Å².